The summed E-state index contributed by atoms with van der Waals surface area (Å²) in [6, 6.07) is 28.0. The molecule has 0 saturated heterocycles. The lowest BCUT2D eigenvalue weighted by molar-refractivity contribution is -0.140. The summed E-state index contributed by atoms with van der Waals surface area (Å²) in [5.74, 6) is -1.25. The number of hydrogen-bond donors (Lipinski definition) is 1. The van der Waals surface area contributed by atoms with Crippen LogP contribution < -0.4 is 9.62 Å². The molecule has 0 unspecified atom stereocenters. The summed E-state index contributed by atoms with van der Waals surface area (Å²) in [6.45, 7) is 3.27. The fourth-order valence-electron chi connectivity index (χ4n) is 6.29. The van der Waals surface area contributed by atoms with E-state index in [-0.39, 0.29) is 29.8 Å². The largest absolute Gasteiger partial charge is 0.352 e. The van der Waals surface area contributed by atoms with Crippen molar-refractivity contribution in [2.24, 2.45) is 0 Å². The first-order valence-corrected chi connectivity index (χ1v) is 18.1. The van der Waals surface area contributed by atoms with Crippen LogP contribution >= 0.6 is 0 Å². The van der Waals surface area contributed by atoms with Gasteiger partial charge in [-0.1, -0.05) is 105 Å². The van der Waals surface area contributed by atoms with E-state index in [0.29, 0.717) is 17.7 Å². The van der Waals surface area contributed by atoms with Crippen LogP contribution in [0.15, 0.2) is 108 Å². The predicted molar refractivity (Wildman–Crippen MR) is 187 cm³/mol. The summed E-state index contributed by atoms with van der Waals surface area (Å²) >= 11 is 0. The molecule has 0 heterocycles. The van der Waals surface area contributed by atoms with Gasteiger partial charge in [0.25, 0.3) is 10.0 Å². The normalized spacial score (nSPS) is 14.2. The van der Waals surface area contributed by atoms with Crippen LogP contribution in [0.3, 0.4) is 0 Å². The van der Waals surface area contributed by atoms with E-state index in [9.17, 15) is 22.4 Å². The van der Waals surface area contributed by atoms with E-state index in [1.165, 1.54) is 17.0 Å². The number of carbonyl (C=O) groups is 2. The molecule has 0 aromatic heterocycles. The highest BCUT2D eigenvalue weighted by atomic mass is 32.2. The molecular formula is C39H44FN3O4S. The lowest BCUT2D eigenvalue weighted by atomic mass is 9.94. The van der Waals surface area contributed by atoms with Crippen molar-refractivity contribution in [3.63, 3.8) is 0 Å². The Morgan fingerprint density at radius 2 is 1.48 bits per heavy atom. The number of hydrogen-bond acceptors (Lipinski definition) is 4. The van der Waals surface area contributed by atoms with Gasteiger partial charge in [-0.2, -0.15) is 0 Å². The highest BCUT2D eigenvalue weighted by molar-refractivity contribution is 7.92. The number of rotatable bonds is 13. The molecule has 1 aliphatic carbocycles. The number of anilines is 1. The van der Waals surface area contributed by atoms with Gasteiger partial charge in [-0.25, -0.2) is 12.8 Å². The molecule has 1 saturated carbocycles. The second-order valence-corrected chi connectivity index (χ2v) is 14.4. The van der Waals surface area contributed by atoms with Crippen molar-refractivity contribution >= 4 is 27.5 Å². The van der Waals surface area contributed by atoms with Crippen molar-refractivity contribution in [1.82, 2.24) is 10.2 Å². The molecule has 9 heteroatoms. The van der Waals surface area contributed by atoms with Gasteiger partial charge in [0.1, 0.15) is 18.4 Å². The lowest BCUT2D eigenvalue weighted by Gasteiger charge is -2.35. The van der Waals surface area contributed by atoms with Gasteiger partial charge < -0.3 is 10.2 Å². The molecule has 48 heavy (non-hydrogen) atoms. The van der Waals surface area contributed by atoms with Gasteiger partial charge in [0.2, 0.25) is 11.8 Å². The Kier molecular flexibility index (Phi) is 11.7. The zero-order valence-corrected chi connectivity index (χ0v) is 28.5. The number of halogens is 1. The van der Waals surface area contributed by atoms with Crippen LogP contribution in [0.25, 0.3) is 0 Å². The van der Waals surface area contributed by atoms with E-state index in [4.69, 9.17) is 0 Å². The smallest absolute Gasteiger partial charge is 0.264 e. The number of amides is 2. The molecule has 1 atom stereocenters. The molecule has 2 amide bonds. The third-order valence-electron chi connectivity index (χ3n) is 9.02. The van der Waals surface area contributed by atoms with Crippen molar-refractivity contribution in [3.05, 3.63) is 131 Å². The van der Waals surface area contributed by atoms with Gasteiger partial charge in [0.05, 0.1) is 10.6 Å². The fourth-order valence-corrected chi connectivity index (χ4v) is 7.74. The molecule has 1 fully saturated rings. The molecule has 1 N–H and O–H groups in total. The topological polar surface area (TPSA) is 86.8 Å². The summed E-state index contributed by atoms with van der Waals surface area (Å²) in [5, 5.41) is 3.21. The summed E-state index contributed by atoms with van der Waals surface area (Å²) in [6.07, 6.45) is 5.68. The second-order valence-electron chi connectivity index (χ2n) is 12.5. The van der Waals surface area contributed by atoms with Gasteiger partial charge in [0, 0.05) is 19.0 Å². The maximum Gasteiger partial charge on any atom is 0.264 e. The van der Waals surface area contributed by atoms with Crippen LogP contribution in [0.4, 0.5) is 10.1 Å². The molecule has 7 nitrogen and oxygen atoms in total. The minimum Gasteiger partial charge on any atom is -0.352 e. The van der Waals surface area contributed by atoms with Gasteiger partial charge in [-0.05, 0) is 73.2 Å². The third kappa shape index (κ3) is 8.69. The Morgan fingerprint density at radius 3 is 2.15 bits per heavy atom. The Hall–Kier alpha value is -4.50. The van der Waals surface area contributed by atoms with Gasteiger partial charge >= 0.3 is 0 Å². The summed E-state index contributed by atoms with van der Waals surface area (Å²) < 4.78 is 43.8. The second kappa shape index (κ2) is 16.1. The summed E-state index contributed by atoms with van der Waals surface area (Å²) in [5.41, 5.74) is 3.56. The van der Waals surface area contributed by atoms with Crippen LogP contribution in [0.5, 0.6) is 0 Å². The molecule has 0 bridgehead atoms. The number of carbonyl (C=O) groups excluding carboxylic acids is 2. The molecule has 5 rings (SSSR count). The Bertz CT molecular complexity index is 1770. The van der Waals surface area contributed by atoms with Gasteiger partial charge in [-0.3, -0.25) is 13.9 Å². The van der Waals surface area contributed by atoms with E-state index in [1.807, 2.05) is 56.3 Å². The molecular weight excluding hydrogens is 626 g/mol. The summed E-state index contributed by atoms with van der Waals surface area (Å²) in [4.78, 5) is 30.5. The van der Waals surface area contributed by atoms with Crippen LogP contribution in [-0.4, -0.2) is 43.8 Å². The van der Waals surface area contributed by atoms with Crippen molar-refractivity contribution < 1.29 is 22.4 Å². The molecule has 0 spiro atoms. The number of sulfonamides is 1. The van der Waals surface area contributed by atoms with E-state index in [2.05, 4.69) is 5.32 Å². The highest BCUT2D eigenvalue weighted by Gasteiger charge is 2.36. The third-order valence-corrected chi connectivity index (χ3v) is 10.8. The number of para-hydroxylation sites is 1. The predicted octanol–water partition coefficient (Wildman–Crippen LogP) is 6.98. The zero-order valence-electron chi connectivity index (χ0n) is 27.6. The number of aryl methyl sites for hydroxylation is 2. The van der Waals surface area contributed by atoms with E-state index >= 15 is 0 Å². The average molecular weight is 670 g/mol. The van der Waals surface area contributed by atoms with Crippen LogP contribution in [0, 0.1) is 12.7 Å². The Morgan fingerprint density at radius 1 is 0.833 bits per heavy atom. The Balaban J connectivity index is 1.58. The van der Waals surface area contributed by atoms with Gasteiger partial charge in [-0.15, -0.1) is 0 Å². The van der Waals surface area contributed by atoms with Crippen molar-refractivity contribution in [3.8, 4) is 0 Å². The zero-order chi connectivity index (χ0) is 34.1. The van der Waals surface area contributed by atoms with Crippen molar-refractivity contribution in [1.29, 1.82) is 0 Å². The first kappa shape index (κ1) is 34.8. The molecule has 252 valence electrons. The SMILES string of the molecule is CCc1ccccc1N(CC(=O)N(Cc1ccc(F)cc1)[C@@H](Cc1ccccc1)C(=O)NC1CCCCC1)S(=O)(=O)c1ccc(C)cc1. The van der Waals surface area contributed by atoms with E-state index in [0.717, 1.165) is 53.1 Å². The molecule has 4 aromatic carbocycles. The van der Waals surface area contributed by atoms with Crippen LogP contribution in [0.2, 0.25) is 0 Å². The van der Waals surface area contributed by atoms with Gasteiger partial charge in [0.15, 0.2) is 0 Å². The lowest BCUT2D eigenvalue weighted by Crippen LogP contribution is -2.55. The van der Waals surface area contributed by atoms with Crippen molar-refractivity contribution in [2.75, 3.05) is 10.8 Å². The fraction of sp³-hybridized carbons (Fsp3) is 0.333. The maximum absolute atomic E-state index is 14.7. The van der Waals surface area contributed by atoms with Crippen molar-refractivity contribution in [2.45, 2.75) is 82.3 Å². The highest BCUT2D eigenvalue weighted by Crippen LogP contribution is 2.29. The number of benzene rings is 4. The summed E-state index contributed by atoms with van der Waals surface area (Å²) in [7, 11) is -4.20. The minimum atomic E-state index is -4.20. The Labute approximate surface area is 283 Å². The number of nitrogens with zero attached hydrogens (tertiary/aromatic N) is 2. The van der Waals surface area contributed by atoms with Crippen LogP contribution in [0.1, 0.15) is 61.3 Å². The van der Waals surface area contributed by atoms with E-state index < -0.39 is 34.3 Å². The van der Waals surface area contributed by atoms with E-state index in [1.54, 1.807) is 48.5 Å². The minimum absolute atomic E-state index is 0.00198. The molecule has 4 aromatic rings. The van der Waals surface area contributed by atoms with Crippen LogP contribution in [-0.2, 0) is 39.0 Å². The average Bonchev–Trinajstić information content (AvgIpc) is 3.10. The molecule has 0 radical (unpaired) electrons. The first-order valence-electron chi connectivity index (χ1n) is 16.7. The number of nitrogens with one attached hydrogen (secondary N) is 1. The molecule has 0 aliphatic heterocycles. The molecule has 1 aliphatic rings. The monoisotopic (exact) mass is 669 g/mol. The first-order chi connectivity index (χ1) is 23.2. The maximum atomic E-state index is 14.7. The quantitative estimate of drug-likeness (QED) is 0.167. The standard InChI is InChI=1S/C39H44FN3O4S/c1-3-32-14-10-11-17-36(32)43(48(46,47)35-24-18-29(2)19-25-35)28-38(44)42(27-31-20-22-33(40)23-21-31)37(26-30-12-6-4-7-13-30)39(45)41-34-15-8-5-9-16-34/h4,6-7,10-14,17-25,34,37H,3,5,8-9,15-16,26-28H2,1-2H3,(H,41,45)/t37-/m0/s1.